The molecule has 1 aromatic carbocycles. The number of carbonyl (C=O) groups excluding carboxylic acids is 1. The van der Waals surface area contributed by atoms with Gasteiger partial charge in [-0.15, -0.1) is 0 Å². The van der Waals surface area contributed by atoms with Crippen LogP contribution in [0.15, 0.2) is 24.3 Å². The SMILES string of the molecule is CCc1ccccc1CNC(=O)C(N)CC(=O)O. The lowest BCUT2D eigenvalue weighted by atomic mass is 10.1. The molecule has 0 spiro atoms. The van der Waals surface area contributed by atoms with Gasteiger partial charge in [0.05, 0.1) is 12.5 Å². The largest absolute Gasteiger partial charge is 0.481 e. The van der Waals surface area contributed by atoms with Crippen molar-refractivity contribution in [2.75, 3.05) is 0 Å². The number of benzene rings is 1. The van der Waals surface area contributed by atoms with Crippen molar-refractivity contribution in [1.82, 2.24) is 5.32 Å². The van der Waals surface area contributed by atoms with Crippen molar-refractivity contribution in [3.8, 4) is 0 Å². The number of hydrogen-bond donors (Lipinski definition) is 3. The number of rotatable bonds is 6. The molecule has 1 atom stereocenters. The van der Waals surface area contributed by atoms with Gasteiger partial charge >= 0.3 is 5.97 Å². The molecule has 0 fully saturated rings. The van der Waals surface area contributed by atoms with E-state index in [-0.39, 0.29) is 6.42 Å². The Hall–Kier alpha value is -1.88. The van der Waals surface area contributed by atoms with Gasteiger partial charge in [0.2, 0.25) is 5.91 Å². The molecule has 0 saturated carbocycles. The molecule has 0 bridgehead atoms. The fourth-order valence-corrected chi connectivity index (χ4v) is 1.67. The number of nitrogens with two attached hydrogens (primary N) is 1. The molecule has 1 unspecified atom stereocenters. The van der Waals surface area contributed by atoms with Crippen molar-refractivity contribution in [2.45, 2.75) is 32.4 Å². The standard InChI is InChI=1S/C13H18N2O3/c1-2-9-5-3-4-6-10(9)8-15-13(18)11(14)7-12(16)17/h3-6,11H,2,7-8,14H2,1H3,(H,15,18)(H,16,17). The van der Waals surface area contributed by atoms with Gasteiger partial charge in [0.25, 0.3) is 0 Å². The van der Waals surface area contributed by atoms with Crippen LogP contribution in [0.1, 0.15) is 24.5 Å². The summed E-state index contributed by atoms with van der Waals surface area (Å²) in [5.41, 5.74) is 7.64. The molecule has 0 heterocycles. The predicted molar refractivity (Wildman–Crippen MR) is 67.9 cm³/mol. The maximum Gasteiger partial charge on any atom is 0.305 e. The first-order chi connectivity index (χ1) is 8.54. The molecule has 1 amide bonds. The summed E-state index contributed by atoms with van der Waals surface area (Å²) in [5.74, 6) is -1.52. The summed E-state index contributed by atoms with van der Waals surface area (Å²) in [6, 6.07) is 6.77. The molecule has 18 heavy (non-hydrogen) atoms. The lowest BCUT2D eigenvalue weighted by Gasteiger charge is -2.12. The van der Waals surface area contributed by atoms with E-state index >= 15 is 0 Å². The maximum atomic E-state index is 11.6. The van der Waals surface area contributed by atoms with Crippen LogP contribution in [0.3, 0.4) is 0 Å². The predicted octanol–water partition coefficient (Wildman–Crippen LogP) is 0.667. The van der Waals surface area contributed by atoms with Crippen LogP contribution >= 0.6 is 0 Å². The zero-order chi connectivity index (χ0) is 13.5. The number of aliphatic carboxylic acids is 1. The minimum absolute atomic E-state index is 0.360. The Kier molecular flexibility index (Phi) is 5.32. The van der Waals surface area contributed by atoms with Gasteiger partial charge in [-0.2, -0.15) is 0 Å². The van der Waals surface area contributed by atoms with Crippen molar-refractivity contribution < 1.29 is 14.7 Å². The third-order valence-electron chi connectivity index (χ3n) is 2.68. The topological polar surface area (TPSA) is 92.4 Å². The average molecular weight is 250 g/mol. The minimum atomic E-state index is -1.08. The van der Waals surface area contributed by atoms with Crippen LogP contribution < -0.4 is 11.1 Å². The van der Waals surface area contributed by atoms with Gasteiger partial charge in [0.1, 0.15) is 0 Å². The van der Waals surface area contributed by atoms with Gasteiger partial charge in [-0.05, 0) is 17.5 Å². The molecule has 0 aliphatic heterocycles. The highest BCUT2D eigenvalue weighted by Gasteiger charge is 2.16. The summed E-state index contributed by atoms with van der Waals surface area (Å²) in [6.07, 6.45) is 0.522. The van der Waals surface area contributed by atoms with Gasteiger partial charge < -0.3 is 16.2 Å². The fraction of sp³-hybridized carbons (Fsp3) is 0.385. The first-order valence-corrected chi connectivity index (χ1v) is 5.86. The van der Waals surface area contributed by atoms with Gasteiger partial charge in [0, 0.05) is 6.54 Å². The third kappa shape index (κ3) is 4.18. The van der Waals surface area contributed by atoms with Crippen LogP contribution in [-0.4, -0.2) is 23.0 Å². The summed E-state index contributed by atoms with van der Waals surface area (Å²) >= 11 is 0. The molecule has 0 aromatic heterocycles. The van der Waals surface area contributed by atoms with E-state index in [0.29, 0.717) is 6.54 Å². The monoisotopic (exact) mass is 250 g/mol. The smallest absolute Gasteiger partial charge is 0.305 e. The number of carboxylic acid groups (broad SMARTS) is 1. The quantitative estimate of drug-likeness (QED) is 0.691. The van der Waals surface area contributed by atoms with E-state index in [1.807, 2.05) is 31.2 Å². The van der Waals surface area contributed by atoms with Gasteiger partial charge in [0.15, 0.2) is 0 Å². The van der Waals surface area contributed by atoms with E-state index < -0.39 is 17.9 Å². The van der Waals surface area contributed by atoms with E-state index in [4.69, 9.17) is 10.8 Å². The van der Waals surface area contributed by atoms with Crippen LogP contribution in [0.2, 0.25) is 0 Å². The Labute approximate surface area is 106 Å². The van der Waals surface area contributed by atoms with Crippen LogP contribution in [0.25, 0.3) is 0 Å². The molecule has 0 saturated heterocycles. The molecule has 4 N–H and O–H groups in total. The van der Waals surface area contributed by atoms with E-state index in [2.05, 4.69) is 5.32 Å². The third-order valence-corrected chi connectivity index (χ3v) is 2.68. The Morgan fingerprint density at radius 2 is 1.94 bits per heavy atom. The summed E-state index contributed by atoms with van der Waals surface area (Å²) < 4.78 is 0. The Morgan fingerprint density at radius 1 is 1.33 bits per heavy atom. The summed E-state index contributed by atoms with van der Waals surface area (Å²) in [4.78, 5) is 22.0. The molecule has 0 aliphatic carbocycles. The van der Waals surface area contributed by atoms with Crippen LogP contribution in [0.5, 0.6) is 0 Å². The lowest BCUT2D eigenvalue weighted by molar-refractivity contribution is -0.139. The summed E-state index contributed by atoms with van der Waals surface area (Å²) in [5, 5.41) is 11.2. The van der Waals surface area contributed by atoms with Crippen molar-refractivity contribution >= 4 is 11.9 Å². The maximum absolute atomic E-state index is 11.6. The summed E-state index contributed by atoms with van der Waals surface area (Å²) in [6.45, 7) is 2.41. The number of hydrogen-bond acceptors (Lipinski definition) is 3. The van der Waals surface area contributed by atoms with E-state index in [0.717, 1.165) is 17.5 Å². The van der Waals surface area contributed by atoms with Crippen molar-refractivity contribution in [3.05, 3.63) is 35.4 Å². The van der Waals surface area contributed by atoms with Gasteiger partial charge in [-0.3, -0.25) is 9.59 Å². The highest BCUT2D eigenvalue weighted by Crippen LogP contribution is 2.08. The number of aryl methyl sites for hydroxylation is 1. The van der Waals surface area contributed by atoms with Crippen molar-refractivity contribution in [3.63, 3.8) is 0 Å². The Bertz CT molecular complexity index is 432. The number of nitrogens with one attached hydrogen (secondary N) is 1. The van der Waals surface area contributed by atoms with Gasteiger partial charge in [-0.1, -0.05) is 31.2 Å². The summed E-state index contributed by atoms with van der Waals surface area (Å²) in [7, 11) is 0. The average Bonchev–Trinajstić information content (AvgIpc) is 2.35. The molecule has 1 aromatic rings. The van der Waals surface area contributed by atoms with E-state index in [9.17, 15) is 9.59 Å². The first-order valence-electron chi connectivity index (χ1n) is 5.86. The first kappa shape index (κ1) is 14.2. The normalized spacial score (nSPS) is 11.9. The molecule has 0 radical (unpaired) electrons. The Balaban J connectivity index is 2.54. The zero-order valence-electron chi connectivity index (χ0n) is 10.3. The number of carboxylic acids is 1. The highest BCUT2D eigenvalue weighted by atomic mass is 16.4. The van der Waals surface area contributed by atoms with Crippen LogP contribution in [0, 0.1) is 0 Å². The second-order valence-electron chi connectivity index (χ2n) is 4.04. The molecule has 98 valence electrons. The Morgan fingerprint density at radius 3 is 2.50 bits per heavy atom. The number of amides is 1. The highest BCUT2D eigenvalue weighted by molar-refractivity contribution is 5.85. The number of carbonyl (C=O) groups is 2. The van der Waals surface area contributed by atoms with E-state index in [1.54, 1.807) is 0 Å². The molecule has 5 nitrogen and oxygen atoms in total. The van der Waals surface area contributed by atoms with Crippen LogP contribution in [-0.2, 0) is 22.6 Å². The second-order valence-corrected chi connectivity index (χ2v) is 4.04. The fourth-order valence-electron chi connectivity index (χ4n) is 1.67. The molecule has 5 heteroatoms. The van der Waals surface area contributed by atoms with E-state index in [1.165, 1.54) is 0 Å². The van der Waals surface area contributed by atoms with Crippen molar-refractivity contribution in [2.24, 2.45) is 5.73 Å². The lowest BCUT2D eigenvalue weighted by Crippen LogP contribution is -2.41. The second kappa shape index (κ2) is 6.76. The molecular formula is C13H18N2O3. The molecular weight excluding hydrogens is 232 g/mol. The zero-order valence-corrected chi connectivity index (χ0v) is 10.3. The minimum Gasteiger partial charge on any atom is -0.481 e. The molecule has 0 aliphatic rings. The van der Waals surface area contributed by atoms with Crippen LogP contribution in [0.4, 0.5) is 0 Å². The van der Waals surface area contributed by atoms with Crippen molar-refractivity contribution in [1.29, 1.82) is 0 Å². The molecule has 1 rings (SSSR count). The van der Waals surface area contributed by atoms with Gasteiger partial charge in [-0.25, -0.2) is 0 Å².